The van der Waals surface area contributed by atoms with Gasteiger partial charge < -0.3 is 15.0 Å². The zero-order valence-corrected chi connectivity index (χ0v) is 13.3. The molecule has 2 aromatic rings. The zero-order chi connectivity index (χ0) is 14.9. The molecule has 5 nitrogen and oxygen atoms in total. The third-order valence-corrected chi connectivity index (χ3v) is 4.36. The summed E-state index contributed by atoms with van der Waals surface area (Å²) in [4.78, 5) is 23.6. The van der Waals surface area contributed by atoms with E-state index in [1.165, 1.54) is 0 Å². The molecule has 2 heterocycles. The molecule has 0 saturated heterocycles. The van der Waals surface area contributed by atoms with E-state index in [2.05, 4.69) is 21.2 Å². The molecular formula is C13H13BrN2O3S. The number of carbonyl (C=O) groups excluding carboxylic acids is 1. The molecule has 0 atom stereocenters. The molecule has 0 bridgehead atoms. The minimum absolute atomic E-state index is 0.143. The van der Waals surface area contributed by atoms with Gasteiger partial charge in [-0.05, 0) is 46.8 Å². The van der Waals surface area contributed by atoms with Gasteiger partial charge in [0.05, 0.1) is 5.69 Å². The van der Waals surface area contributed by atoms with E-state index in [4.69, 9.17) is 5.11 Å². The highest BCUT2D eigenvalue weighted by atomic mass is 79.9. The predicted molar refractivity (Wildman–Crippen MR) is 81.8 cm³/mol. The van der Waals surface area contributed by atoms with E-state index in [9.17, 15) is 9.59 Å². The topological polar surface area (TPSA) is 71.3 Å². The Labute approximate surface area is 128 Å². The molecular weight excluding hydrogens is 344 g/mol. The van der Waals surface area contributed by atoms with Crippen LogP contribution in [0.3, 0.4) is 0 Å². The number of nitrogens with one attached hydrogen (secondary N) is 1. The molecule has 2 rings (SSSR count). The number of carboxylic acids is 1. The van der Waals surface area contributed by atoms with Crippen LogP contribution in [0.2, 0.25) is 0 Å². The van der Waals surface area contributed by atoms with Gasteiger partial charge in [0.25, 0.3) is 5.91 Å². The van der Waals surface area contributed by atoms with E-state index < -0.39 is 5.97 Å². The highest BCUT2D eigenvalue weighted by Crippen LogP contribution is 2.28. The average Bonchev–Trinajstić information content (AvgIpc) is 2.93. The molecule has 20 heavy (non-hydrogen) atoms. The van der Waals surface area contributed by atoms with Gasteiger partial charge in [-0.15, -0.1) is 11.3 Å². The standard InChI is InChI=1S/C13H13BrN2O3S/c1-3-16-5-8(14)4-9(16)12(17)15-10-7(2)6-20-11(10)13(18)19/h4-6H,3H2,1-2H3,(H,15,17)(H,18,19). The summed E-state index contributed by atoms with van der Waals surface area (Å²) in [7, 11) is 0. The third kappa shape index (κ3) is 2.78. The van der Waals surface area contributed by atoms with Crippen LogP contribution in [-0.2, 0) is 6.54 Å². The Morgan fingerprint density at radius 2 is 2.20 bits per heavy atom. The maximum absolute atomic E-state index is 12.3. The first-order valence-electron chi connectivity index (χ1n) is 5.92. The van der Waals surface area contributed by atoms with Crippen molar-refractivity contribution in [1.82, 2.24) is 4.57 Å². The Hall–Kier alpha value is -1.60. The van der Waals surface area contributed by atoms with E-state index in [0.717, 1.165) is 21.4 Å². The molecule has 106 valence electrons. The number of aromatic nitrogens is 1. The number of aryl methyl sites for hydroxylation is 2. The molecule has 0 aliphatic carbocycles. The molecule has 0 aliphatic heterocycles. The highest BCUT2D eigenvalue weighted by Gasteiger charge is 2.19. The first kappa shape index (κ1) is 14.8. The van der Waals surface area contributed by atoms with Crippen molar-refractivity contribution >= 4 is 44.8 Å². The summed E-state index contributed by atoms with van der Waals surface area (Å²) in [5, 5.41) is 13.5. The number of anilines is 1. The number of aromatic carboxylic acids is 1. The summed E-state index contributed by atoms with van der Waals surface area (Å²) in [6, 6.07) is 1.71. The van der Waals surface area contributed by atoms with Gasteiger partial charge in [-0.25, -0.2) is 4.79 Å². The Kier molecular flexibility index (Phi) is 4.29. The van der Waals surface area contributed by atoms with E-state index in [1.54, 1.807) is 22.9 Å². The Balaban J connectivity index is 2.32. The van der Waals surface area contributed by atoms with Crippen LogP contribution in [0.25, 0.3) is 0 Å². The van der Waals surface area contributed by atoms with E-state index in [0.29, 0.717) is 17.9 Å². The normalized spacial score (nSPS) is 10.6. The fraction of sp³-hybridized carbons (Fsp3) is 0.231. The number of nitrogens with zero attached hydrogens (tertiary/aromatic N) is 1. The monoisotopic (exact) mass is 356 g/mol. The number of carbonyl (C=O) groups is 2. The molecule has 0 spiro atoms. The second-order valence-electron chi connectivity index (χ2n) is 4.21. The Morgan fingerprint density at radius 3 is 2.80 bits per heavy atom. The maximum atomic E-state index is 12.3. The summed E-state index contributed by atoms with van der Waals surface area (Å²) in [5.41, 5.74) is 1.60. The molecule has 1 amide bonds. The van der Waals surface area contributed by atoms with Crippen molar-refractivity contribution in [2.45, 2.75) is 20.4 Å². The molecule has 2 aromatic heterocycles. The maximum Gasteiger partial charge on any atom is 0.348 e. The van der Waals surface area contributed by atoms with Crippen LogP contribution in [0.5, 0.6) is 0 Å². The van der Waals surface area contributed by atoms with Crippen LogP contribution in [0.4, 0.5) is 5.69 Å². The SMILES string of the molecule is CCn1cc(Br)cc1C(=O)Nc1c(C)csc1C(=O)O. The second kappa shape index (κ2) is 5.80. The van der Waals surface area contributed by atoms with Crippen molar-refractivity contribution in [3.63, 3.8) is 0 Å². The van der Waals surface area contributed by atoms with Gasteiger partial charge in [-0.3, -0.25) is 4.79 Å². The Bertz CT molecular complexity index is 675. The van der Waals surface area contributed by atoms with Gasteiger partial charge in [0.15, 0.2) is 0 Å². The van der Waals surface area contributed by atoms with Gasteiger partial charge in [-0.2, -0.15) is 0 Å². The summed E-state index contributed by atoms with van der Waals surface area (Å²) in [6.07, 6.45) is 1.81. The lowest BCUT2D eigenvalue weighted by Gasteiger charge is -2.08. The van der Waals surface area contributed by atoms with Crippen molar-refractivity contribution in [3.8, 4) is 0 Å². The van der Waals surface area contributed by atoms with E-state index >= 15 is 0 Å². The van der Waals surface area contributed by atoms with Crippen molar-refractivity contribution in [2.75, 3.05) is 5.32 Å². The molecule has 2 N–H and O–H groups in total. The molecule has 0 unspecified atom stereocenters. The summed E-state index contributed by atoms with van der Waals surface area (Å²) < 4.78 is 2.60. The second-order valence-corrected chi connectivity index (χ2v) is 6.01. The third-order valence-electron chi connectivity index (χ3n) is 2.84. The molecule has 0 radical (unpaired) electrons. The molecule has 0 aliphatic rings. The molecule has 7 heteroatoms. The summed E-state index contributed by atoms with van der Waals surface area (Å²) >= 11 is 4.44. The van der Waals surface area contributed by atoms with Gasteiger partial charge >= 0.3 is 5.97 Å². The molecule has 0 saturated carbocycles. The van der Waals surface area contributed by atoms with Crippen molar-refractivity contribution < 1.29 is 14.7 Å². The summed E-state index contributed by atoms with van der Waals surface area (Å²) in [5.74, 6) is -1.35. The quantitative estimate of drug-likeness (QED) is 0.879. The van der Waals surface area contributed by atoms with Gasteiger partial charge in [0, 0.05) is 17.2 Å². The van der Waals surface area contributed by atoms with Crippen LogP contribution in [-0.4, -0.2) is 21.6 Å². The largest absolute Gasteiger partial charge is 0.477 e. The lowest BCUT2D eigenvalue weighted by molar-refractivity contribution is 0.0703. The number of rotatable bonds is 4. The van der Waals surface area contributed by atoms with Crippen molar-refractivity contribution in [2.24, 2.45) is 0 Å². The van der Waals surface area contributed by atoms with E-state index in [1.807, 2.05) is 13.1 Å². The van der Waals surface area contributed by atoms with E-state index in [-0.39, 0.29) is 10.8 Å². The summed E-state index contributed by atoms with van der Waals surface area (Å²) in [6.45, 7) is 4.36. The van der Waals surface area contributed by atoms with Crippen LogP contribution in [0.15, 0.2) is 22.1 Å². The lowest BCUT2D eigenvalue weighted by Crippen LogP contribution is -2.17. The number of amides is 1. The highest BCUT2D eigenvalue weighted by molar-refractivity contribution is 9.10. The van der Waals surface area contributed by atoms with Crippen LogP contribution in [0, 0.1) is 6.92 Å². The minimum Gasteiger partial charge on any atom is -0.477 e. The minimum atomic E-state index is -1.04. The van der Waals surface area contributed by atoms with Crippen LogP contribution < -0.4 is 5.32 Å². The number of hydrogen-bond donors (Lipinski definition) is 2. The van der Waals surface area contributed by atoms with Crippen molar-refractivity contribution in [1.29, 1.82) is 0 Å². The Morgan fingerprint density at radius 1 is 1.50 bits per heavy atom. The molecule has 0 aromatic carbocycles. The van der Waals surface area contributed by atoms with Gasteiger partial charge in [0.2, 0.25) is 0 Å². The van der Waals surface area contributed by atoms with Gasteiger partial charge in [0.1, 0.15) is 10.6 Å². The van der Waals surface area contributed by atoms with Crippen LogP contribution >= 0.6 is 27.3 Å². The fourth-order valence-electron chi connectivity index (χ4n) is 1.86. The number of carboxylic acid groups (broad SMARTS) is 1. The van der Waals surface area contributed by atoms with Crippen molar-refractivity contribution in [3.05, 3.63) is 38.3 Å². The predicted octanol–water partition coefficient (Wildman–Crippen LogP) is 3.59. The first-order valence-corrected chi connectivity index (χ1v) is 7.59. The van der Waals surface area contributed by atoms with Crippen LogP contribution in [0.1, 0.15) is 32.6 Å². The van der Waals surface area contributed by atoms with Gasteiger partial charge in [-0.1, -0.05) is 0 Å². The lowest BCUT2D eigenvalue weighted by atomic mass is 10.2. The number of halogens is 1. The smallest absolute Gasteiger partial charge is 0.348 e. The zero-order valence-electron chi connectivity index (χ0n) is 10.9. The fourth-order valence-corrected chi connectivity index (χ4v) is 3.17. The first-order chi connectivity index (χ1) is 9.43. The number of hydrogen-bond acceptors (Lipinski definition) is 3. The molecule has 0 fully saturated rings. The average molecular weight is 357 g/mol. The number of thiophene rings is 1.